The van der Waals surface area contributed by atoms with Crippen LogP contribution >= 0.6 is 0 Å². The average Bonchev–Trinajstić information content (AvgIpc) is 3.01. The van der Waals surface area contributed by atoms with Crippen LogP contribution in [-0.4, -0.2) is 46.5 Å². The Morgan fingerprint density at radius 1 is 1.30 bits per heavy atom. The molecule has 1 aliphatic rings. The van der Waals surface area contributed by atoms with Crippen LogP contribution in [0.5, 0.6) is 0 Å². The molecular formula is C18H26N4O. The van der Waals surface area contributed by atoms with Crippen molar-refractivity contribution in [2.45, 2.75) is 32.7 Å². The van der Waals surface area contributed by atoms with Crippen LogP contribution in [-0.2, 0) is 11.3 Å². The number of carbonyl (C=O) groups excluding carboxylic acids is 1. The Balaban J connectivity index is 1.48. The van der Waals surface area contributed by atoms with Gasteiger partial charge < -0.3 is 14.8 Å². The van der Waals surface area contributed by atoms with Crippen LogP contribution in [0.3, 0.4) is 0 Å². The highest BCUT2D eigenvalue weighted by atomic mass is 16.2. The van der Waals surface area contributed by atoms with Crippen LogP contribution in [0.25, 0.3) is 11.0 Å². The van der Waals surface area contributed by atoms with Gasteiger partial charge in [-0.1, -0.05) is 19.1 Å². The lowest BCUT2D eigenvalue weighted by Crippen LogP contribution is -2.41. The van der Waals surface area contributed by atoms with Crippen molar-refractivity contribution in [1.82, 2.24) is 19.8 Å². The molecule has 5 nitrogen and oxygen atoms in total. The monoisotopic (exact) mass is 314 g/mol. The summed E-state index contributed by atoms with van der Waals surface area (Å²) in [4.78, 5) is 18.8. The van der Waals surface area contributed by atoms with E-state index in [1.54, 1.807) is 0 Å². The van der Waals surface area contributed by atoms with Gasteiger partial charge in [0.2, 0.25) is 5.91 Å². The fourth-order valence-corrected chi connectivity index (χ4v) is 3.30. The molecule has 0 radical (unpaired) electrons. The molecule has 1 fully saturated rings. The van der Waals surface area contributed by atoms with Gasteiger partial charge in [0.1, 0.15) is 0 Å². The first-order chi connectivity index (χ1) is 11.3. The minimum Gasteiger partial charge on any atom is -0.343 e. The zero-order valence-corrected chi connectivity index (χ0v) is 13.9. The van der Waals surface area contributed by atoms with E-state index in [4.69, 9.17) is 0 Å². The van der Waals surface area contributed by atoms with E-state index in [1.165, 1.54) is 0 Å². The van der Waals surface area contributed by atoms with Crippen LogP contribution in [0.2, 0.25) is 0 Å². The number of piperidine rings is 1. The smallest absolute Gasteiger partial charge is 0.224 e. The molecule has 0 bridgehead atoms. The molecule has 1 aliphatic heterocycles. The van der Waals surface area contributed by atoms with Crippen LogP contribution < -0.4 is 5.32 Å². The summed E-state index contributed by atoms with van der Waals surface area (Å²) in [6.07, 6.45) is 4.62. The summed E-state index contributed by atoms with van der Waals surface area (Å²) in [5.74, 6) is 0.987. The van der Waals surface area contributed by atoms with Gasteiger partial charge in [0, 0.05) is 26.1 Å². The molecule has 2 heterocycles. The Bertz CT molecular complexity index is 643. The number of aryl methyl sites for hydroxylation is 1. The molecule has 0 saturated carbocycles. The van der Waals surface area contributed by atoms with Crippen molar-refractivity contribution in [3.63, 3.8) is 0 Å². The van der Waals surface area contributed by atoms with Crippen molar-refractivity contribution in [2.75, 3.05) is 26.2 Å². The maximum absolute atomic E-state index is 12.4. The van der Waals surface area contributed by atoms with Gasteiger partial charge in [-0.05, 0) is 44.0 Å². The molecular weight excluding hydrogens is 288 g/mol. The Kier molecular flexibility index (Phi) is 5.28. The number of nitrogens with zero attached hydrogens (tertiary/aromatic N) is 3. The molecule has 1 aromatic heterocycles. The van der Waals surface area contributed by atoms with Crippen LogP contribution in [0, 0.1) is 5.92 Å². The van der Waals surface area contributed by atoms with Crippen LogP contribution in [0.1, 0.15) is 26.2 Å². The van der Waals surface area contributed by atoms with Crippen molar-refractivity contribution in [3.05, 3.63) is 30.6 Å². The van der Waals surface area contributed by atoms with Gasteiger partial charge in [-0.15, -0.1) is 0 Å². The number of para-hydroxylation sites is 2. The van der Waals surface area contributed by atoms with Crippen molar-refractivity contribution < 1.29 is 4.79 Å². The zero-order valence-electron chi connectivity index (χ0n) is 13.9. The Labute approximate surface area is 137 Å². The normalized spacial score (nSPS) is 16.1. The summed E-state index contributed by atoms with van der Waals surface area (Å²) in [5.41, 5.74) is 2.09. The number of nitrogens with one attached hydrogen (secondary N) is 1. The topological polar surface area (TPSA) is 50.2 Å². The standard InChI is InChI=1S/C18H26N4O/c1-2-19-13-15-7-10-21(11-8-15)18(23)9-12-22-14-20-16-5-3-4-6-17(16)22/h3-6,14-15,19H,2,7-13H2,1H3. The molecule has 0 unspecified atom stereocenters. The first-order valence-corrected chi connectivity index (χ1v) is 8.66. The van der Waals surface area contributed by atoms with Gasteiger partial charge in [0.05, 0.1) is 17.4 Å². The van der Waals surface area contributed by atoms with E-state index >= 15 is 0 Å². The van der Waals surface area contributed by atoms with Crippen LogP contribution in [0.15, 0.2) is 30.6 Å². The van der Waals surface area contributed by atoms with E-state index in [0.717, 1.165) is 56.0 Å². The zero-order chi connectivity index (χ0) is 16.1. The summed E-state index contributed by atoms with van der Waals surface area (Å²) in [5, 5.41) is 3.41. The number of fused-ring (bicyclic) bond motifs is 1. The lowest BCUT2D eigenvalue weighted by atomic mass is 9.96. The largest absolute Gasteiger partial charge is 0.343 e. The van der Waals surface area contributed by atoms with Crippen LogP contribution in [0.4, 0.5) is 0 Å². The number of likely N-dealkylation sites (tertiary alicyclic amines) is 1. The number of rotatable bonds is 6. The number of carbonyl (C=O) groups is 1. The van der Waals surface area contributed by atoms with Gasteiger partial charge >= 0.3 is 0 Å². The third-order valence-corrected chi connectivity index (χ3v) is 4.74. The second kappa shape index (κ2) is 7.59. The quantitative estimate of drug-likeness (QED) is 0.890. The lowest BCUT2D eigenvalue weighted by molar-refractivity contribution is -0.132. The molecule has 0 atom stereocenters. The number of benzene rings is 1. The second-order valence-corrected chi connectivity index (χ2v) is 6.31. The van der Waals surface area contributed by atoms with Crippen molar-refractivity contribution in [2.24, 2.45) is 5.92 Å². The minimum atomic E-state index is 0.268. The van der Waals surface area contributed by atoms with Crippen molar-refractivity contribution in [1.29, 1.82) is 0 Å². The number of hydrogen-bond acceptors (Lipinski definition) is 3. The Morgan fingerprint density at radius 3 is 2.87 bits per heavy atom. The van der Waals surface area contributed by atoms with Gasteiger partial charge in [0.15, 0.2) is 0 Å². The molecule has 0 aliphatic carbocycles. The molecule has 5 heteroatoms. The molecule has 1 amide bonds. The average molecular weight is 314 g/mol. The number of imidazole rings is 1. The molecule has 23 heavy (non-hydrogen) atoms. The first-order valence-electron chi connectivity index (χ1n) is 8.66. The first kappa shape index (κ1) is 16.0. The number of aromatic nitrogens is 2. The summed E-state index contributed by atoms with van der Waals surface area (Å²) in [6.45, 7) is 6.76. The van der Waals surface area contributed by atoms with Crippen molar-refractivity contribution >= 4 is 16.9 Å². The lowest BCUT2D eigenvalue weighted by Gasteiger charge is -2.32. The third-order valence-electron chi connectivity index (χ3n) is 4.74. The van der Waals surface area contributed by atoms with Gasteiger partial charge in [0.25, 0.3) is 0 Å². The summed E-state index contributed by atoms with van der Waals surface area (Å²) >= 11 is 0. The fraction of sp³-hybridized carbons (Fsp3) is 0.556. The van der Waals surface area contributed by atoms with E-state index in [0.29, 0.717) is 13.0 Å². The van der Waals surface area contributed by atoms with Gasteiger partial charge in [-0.2, -0.15) is 0 Å². The highest BCUT2D eigenvalue weighted by Gasteiger charge is 2.22. The number of amides is 1. The SMILES string of the molecule is CCNCC1CCN(C(=O)CCn2cnc3ccccc32)CC1. The Hall–Kier alpha value is -1.88. The fourth-order valence-electron chi connectivity index (χ4n) is 3.30. The van der Waals surface area contributed by atoms with Gasteiger partial charge in [-0.25, -0.2) is 4.98 Å². The summed E-state index contributed by atoms with van der Waals surface area (Å²) in [7, 11) is 0. The van der Waals surface area contributed by atoms with Gasteiger partial charge in [-0.3, -0.25) is 4.79 Å². The van der Waals surface area contributed by atoms with E-state index in [2.05, 4.69) is 27.9 Å². The molecule has 1 N–H and O–H groups in total. The van der Waals surface area contributed by atoms with E-state index in [-0.39, 0.29) is 5.91 Å². The minimum absolute atomic E-state index is 0.268. The van der Waals surface area contributed by atoms with E-state index < -0.39 is 0 Å². The molecule has 0 spiro atoms. The van der Waals surface area contributed by atoms with E-state index in [9.17, 15) is 4.79 Å². The highest BCUT2D eigenvalue weighted by molar-refractivity contribution is 5.77. The predicted molar refractivity (Wildman–Crippen MR) is 92.2 cm³/mol. The molecule has 2 aromatic rings. The van der Waals surface area contributed by atoms with Crippen molar-refractivity contribution in [3.8, 4) is 0 Å². The third kappa shape index (κ3) is 3.91. The predicted octanol–water partition coefficient (Wildman–Crippen LogP) is 2.27. The maximum Gasteiger partial charge on any atom is 0.224 e. The van der Waals surface area contributed by atoms with E-state index in [1.807, 2.05) is 29.4 Å². The molecule has 124 valence electrons. The maximum atomic E-state index is 12.4. The molecule has 1 aromatic carbocycles. The summed E-state index contributed by atoms with van der Waals surface area (Å²) in [6, 6.07) is 8.06. The molecule has 1 saturated heterocycles. The second-order valence-electron chi connectivity index (χ2n) is 6.31. The number of hydrogen-bond donors (Lipinski definition) is 1. The molecule has 3 rings (SSSR count). The summed E-state index contributed by atoms with van der Waals surface area (Å²) < 4.78 is 2.07. The highest BCUT2D eigenvalue weighted by Crippen LogP contribution is 2.18. The Morgan fingerprint density at radius 2 is 2.09 bits per heavy atom.